The number of hydrogen-bond acceptors (Lipinski definition) is 5. The predicted octanol–water partition coefficient (Wildman–Crippen LogP) is 4.35. The molecule has 1 heterocycles. The highest BCUT2D eigenvalue weighted by Crippen LogP contribution is 2.30. The highest BCUT2D eigenvalue weighted by molar-refractivity contribution is 5.79. The van der Waals surface area contributed by atoms with Crippen LogP contribution in [-0.4, -0.2) is 24.6 Å². The van der Waals surface area contributed by atoms with Crippen molar-refractivity contribution in [2.24, 2.45) is 4.99 Å². The Morgan fingerprint density at radius 3 is 2.40 bits per heavy atom. The zero-order chi connectivity index (χ0) is 21.3. The molecule has 0 bridgehead atoms. The first-order valence-corrected chi connectivity index (χ1v) is 9.94. The number of rotatable bonds is 8. The summed E-state index contributed by atoms with van der Waals surface area (Å²) in [5.41, 5.74) is 1.98. The lowest BCUT2D eigenvalue weighted by molar-refractivity contribution is 0.379. The van der Waals surface area contributed by atoms with Crippen LogP contribution in [0, 0.1) is 13.8 Å². The first kappa shape index (κ1) is 21.2. The van der Waals surface area contributed by atoms with E-state index in [-0.39, 0.29) is 0 Å². The standard InChI is InChI=1S/C23H28N4O3/c1-5-24-23(26-15-22-27-16(2)17(3)29-22)25-14-18-10-12-19(13-11-18)30-21-9-7-6-8-20(21)28-4/h6-13H,5,14-15H2,1-4H3,(H2,24,25,26). The number of benzene rings is 2. The molecule has 0 fully saturated rings. The molecule has 2 N–H and O–H groups in total. The van der Waals surface area contributed by atoms with Gasteiger partial charge in [-0.05, 0) is 50.6 Å². The molecule has 0 aliphatic heterocycles. The van der Waals surface area contributed by atoms with Crippen molar-refractivity contribution < 1.29 is 13.9 Å². The van der Waals surface area contributed by atoms with Crippen LogP contribution in [0.25, 0.3) is 0 Å². The van der Waals surface area contributed by atoms with Crippen LogP contribution >= 0.6 is 0 Å². The van der Waals surface area contributed by atoms with Gasteiger partial charge in [-0.15, -0.1) is 0 Å². The zero-order valence-electron chi connectivity index (χ0n) is 17.9. The van der Waals surface area contributed by atoms with E-state index >= 15 is 0 Å². The van der Waals surface area contributed by atoms with E-state index in [4.69, 9.17) is 13.9 Å². The lowest BCUT2D eigenvalue weighted by Crippen LogP contribution is -2.36. The fraction of sp³-hybridized carbons (Fsp3) is 0.304. The van der Waals surface area contributed by atoms with E-state index in [9.17, 15) is 0 Å². The van der Waals surface area contributed by atoms with Crippen molar-refractivity contribution in [3.63, 3.8) is 0 Å². The molecule has 158 valence electrons. The molecule has 0 aliphatic rings. The van der Waals surface area contributed by atoms with Crippen molar-refractivity contribution in [1.82, 2.24) is 15.6 Å². The predicted molar refractivity (Wildman–Crippen MR) is 117 cm³/mol. The average Bonchev–Trinajstić information content (AvgIpc) is 3.09. The van der Waals surface area contributed by atoms with Gasteiger partial charge >= 0.3 is 0 Å². The lowest BCUT2D eigenvalue weighted by Gasteiger charge is -2.11. The molecular formula is C23H28N4O3. The van der Waals surface area contributed by atoms with Gasteiger partial charge in [0.05, 0.1) is 25.9 Å². The normalized spacial score (nSPS) is 11.3. The second-order valence-electron chi connectivity index (χ2n) is 6.69. The summed E-state index contributed by atoms with van der Waals surface area (Å²) in [5.74, 6) is 4.32. The van der Waals surface area contributed by atoms with Crippen molar-refractivity contribution in [2.75, 3.05) is 13.7 Å². The molecule has 1 aromatic heterocycles. The molecule has 0 saturated carbocycles. The van der Waals surface area contributed by atoms with E-state index in [1.807, 2.05) is 69.3 Å². The minimum atomic E-state index is 0.478. The molecule has 2 aromatic carbocycles. The van der Waals surface area contributed by atoms with E-state index in [1.165, 1.54) is 0 Å². The summed E-state index contributed by atoms with van der Waals surface area (Å²) in [4.78, 5) is 9.02. The molecular weight excluding hydrogens is 380 g/mol. The quantitative estimate of drug-likeness (QED) is 0.426. The second kappa shape index (κ2) is 10.3. The Balaban J connectivity index is 1.60. The van der Waals surface area contributed by atoms with Crippen LogP contribution in [0.15, 0.2) is 57.9 Å². The van der Waals surface area contributed by atoms with Crippen LogP contribution in [0.1, 0.15) is 29.8 Å². The summed E-state index contributed by atoms with van der Waals surface area (Å²) in [5, 5.41) is 6.48. The highest BCUT2D eigenvalue weighted by atomic mass is 16.5. The summed E-state index contributed by atoms with van der Waals surface area (Å²) >= 11 is 0. The third-order valence-electron chi connectivity index (χ3n) is 4.46. The van der Waals surface area contributed by atoms with Crippen LogP contribution in [0.4, 0.5) is 0 Å². The van der Waals surface area contributed by atoms with Crippen LogP contribution in [0.2, 0.25) is 0 Å². The number of para-hydroxylation sites is 2. The van der Waals surface area contributed by atoms with Crippen molar-refractivity contribution in [3.8, 4) is 17.2 Å². The van der Waals surface area contributed by atoms with Crippen molar-refractivity contribution in [1.29, 1.82) is 0 Å². The molecule has 3 rings (SSSR count). The van der Waals surface area contributed by atoms with Crippen LogP contribution < -0.4 is 20.1 Å². The molecule has 30 heavy (non-hydrogen) atoms. The molecule has 0 spiro atoms. The number of ether oxygens (including phenoxy) is 2. The Morgan fingerprint density at radius 1 is 1.03 bits per heavy atom. The van der Waals surface area contributed by atoms with Crippen molar-refractivity contribution in [3.05, 3.63) is 71.4 Å². The molecule has 3 aromatic rings. The van der Waals surface area contributed by atoms with Gasteiger partial charge < -0.3 is 24.5 Å². The Labute approximate surface area is 177 Å². The van der Waals surface area contributed by atoms with Gasteiger partial charge in [0.1, 0.15) is 11.5 Å². The number of aromatic nitrogens is 1. The number of guanidine groups is 1. The van der Waals surface area contributed by atoms with Gasteiger partial charge in [0, 0.05) is 6.54 Å². The Kier molecular flexibility index (Phi) is 7.32. The van der Waals surface area contributed by atoms with Gasteiger partial charge in [-0.25, -0.2) is 9.98 Å². The van der Waals surface area contributed by atoms with Gasteiger partial charge in [0.15, 0.2) is 17.5 Å². The van der Waals surface area contributed by atoms with Crippen LogP contribution in [0.3, 0.4) is 0 Å². The zero-order valence-corrected chi connectivity index (χ0v) is 17.9. The van der Waals surface area contributed by atoms with Gasteiger partial charge in [0.2, 0.25) is 5.89 Å². The van der Waals surface area contributed by atoms with E-state index < -0.39 is 0 Å². The number of nitrogens with one attached hydrogen (secondary N) is 2. The maximum Gasteiger partial charge on any atom is 0.214 e. The van der Waals surface area contributed by atoms with E-state index in [1.54, 1.807) is 7.11 Å². The smallest absolute Gasteiger partial charge is 0.214 e. The first-order chi connectivity index (χ1) is 14.6. The summed E-state index contributed by atoms with van der Waals surface area (Å²) in [6.45, 7) is 7.65. The number of nitrogens with zero attached hydrogens (tertiary/aromatic N) is 2. The molecule has 7 nitrogen and oxygen atoms in total. The summed E-state index contributed by atoms with van der Waals surface area (Å²) in [6, 6.07) is 15.4. The minimum Gasteiger partial charge on any atom is -0.493 e. The fourth-order valence-corrected chi connectivity index (χ4v) is 2.78. The third-order valence-corrected chi connectivity index (χ3v) is 4.46. The highest BCUT2D eigenvalue weighted by Gasteiger charge is 2.07. The third kappa shape index (κ3) is 5.76. The lowest BCUT2D eigenvalue weighted by atomic mass is 10.2. The average molecular weight is 409 g/mol. The molecule has 0 unspecified atom stereocenters. The SMILES string of the molecule is CCNC(=NCc1ccc(Oc2ccccc2OC)cc1)NCc1nc(C)c(C)o1. The fourth-order valence-electron chi connectivity index (χ4n) is 2.78. The molecule has 0 saturated heterocycles. The number of methoxy groups -OCH3 is 1. The van der Waals surface area contributed by atoms with E-state index in [2.05, 4.69) is 20.6 Å². The number of oxazole rings is 1. The van der Waals surface area contributed by atoms with Crippen LogP contribution in [-0.2, 0) is 13.1 Å². The number of aryl methyl sites for hydroxylation is 2. The molecule has 0 aliphatic carbocycles. The minimum absolute atomic E-state index is 0.478. The number of aliphatic imine (C=N–C) groups is 1. The Bertz CT molecular complexity index is 961. The second-order valence-corrected chi connectivity index (χ2v) is 6.69. The Morgan fingerprint density at radius 2 is 1.77 bits per heavy atom. The summed E-state index contributed by atoms with van der Waals surface area (Å²) < 4.78 is 16.8. The summed E-state index contributed by atoms with van der Waals surface area (Å²) in [6.07, 6.45) is 0. The first-order valence-electron chi connectivity index (χ1n) is 9.94. The van der Waals surface area contributed by atoms with Crippen molar-refractivity contribution >= 4 is 5.96 Å². The molecule has 0 amide bonds. The van der Waals surface area contributed by atoms with E-state index in [0.29, 0.717) is 36.4 Å². The van der Waals surface area contributed by atoms with Gasteiger partial charge in [-0.2, -0.15) is 0 Å². The van der Waals surface area contributed by atoms with Crippen molar-refractivity contribution in [2.45, 2.75) is 33.9 Å². The van der Waals surface area contributed by atoms with Crippen LogP contribution in [0.5, 0.6) is 17.2 Å². The number of hydrogen-bond donors (Lipinski definition) is 2. The van der Waals surface area contributed by atoms with Gasteiger partial charge in [0.25, 0.3) is 0 Å². The maximum absolute atomic E-state index is 5.92. The maximum atomic E-state index is 5.92. The van der Waals surface area contributed by atoms with Gasteiger partial charge in [-0.1, -0.05) is 24.3 Å². The topological polar surface area (TPSA) is 80.9 Å². The van der Waals surface area contributed by atoms with E-state index in [0.717, 1.165) is 29.3 Å². The Hall–Kier alpha value is -3.48. The molecule has 7 heteroatoms. The summed E-state index contributed by atoms with van der Waals surface area (Å²) in [7, 11) is 1.63. The monoisotopic (exact) mass is 408 g/mol. The molecule has 0 radical (unpaired) electrons. The van der Waals surface area contributed by atoms with Gasteiger partial charge in [-0.3, -0.25) is 0 Å². The molecule has 0 atom stereocenters. The largest absolute Gasteiger partial charge is 0.493 e.